The highest BCUT2D eigenvalue weighted by Gasteiger charge is 2.18. The summed E-state index contributed by atoms with van der Waals surface area (Å²) in [7, 11) is 3.78. The van der Waals surface area contributed by atoms with Crippen LogP contribution in [0.1, 0.15) is 5.56 Å². The van der Waals surface area contributed by atoms with E-state index in [1.807, 2.05) is 18.2 Å². The van der Waals surface area contributed by atoms with Gasteiger partial charge in [-0.05, 0) is 49.0 Å². The highest BCUT2D eigenvalue weighted by atomic mass is 35.5. The van der Waals surface area contributed by atoms with Gasteiger partial charge in [-0.2, -0.15) is 0 Å². The quantitative estimate of drug-likeness (QED) is 0.729. The van der Waals surface area contributed by atoms with Gasteiger partial charge in [-0.15, -0.1) is 0 Å². The third kappa shape index (κ3) is 5.19. The van der Waals surface area contributed by atoms with Crippen molar-refractivity contribution in [1.82, 2.24) is 4.90 Å². The van der Waals surface area contributed by atoms with E-state index in [4.69, 9.17) is 27.9 Å². The summed E-state index contributed by atoms with van der Waals surface area (Å²) in [5.41, 5.74) is 2.51. The molecule has 1 aliphatic rings. The van der Waals surface area contributed by atoms with Crippen LogP contribution in [-0.4, -0.2) is 51.1 Å². The molecule has 0 spiro atoms. The fourth-order valence-corrected chi connectivity index (χ4v) is 3.34. The van der Waals surface area contributed by atoms with Crippen LogP contribution in [0.3, 0.4) is 0 Å². The van der Waals surface area contributed by atoms with Crippen LogP contribution in [0.4, 0.5) is 11.4 Å². The van der Waals surface area contributed by atoms with Crippen molar-refractivity contribution < 1.29 is 9.53 Å². The van der Waals surface area contributed by atoms with Crippen LogP contribution >= 0.6 is 23.2 Å². The van der Waals surface area contributed by atoms with Crippen molar-refractivity contribution in [2.75, 3.05) is 50.6 Å². The molecule has 0 saturated carbocycles. The monoisotopic (exact) mass is 419 g/mol. The predicted octanol–water partition coefficient (Wildman–Crippen LogP) is 4.41. The lowest BCUT2D eigenvalue weighted by molar-refractivity contribution is -0.111. The molecule has 5 nitrogen and oxygen atoms in total. The maximum atomic E-state index is 12.3. The largest absolute Gasteiger partial charge is 0.495 e. The molecule has 148 valence electrons. The van der Waals surface area contributed by atoms with Gasteiger partial charge in [-0.1, -0.05) is 29.3 Å². The van der Waals surface area contributed by atoms with Crippen LogP contribution in [0.2, 0.25) is 10.0 Å². The van der Waals surface area contributed by atoms with E-state index in [1.165, 1.54) is 6.08 Å². The highest BCUT2D eigenvalue weighted by Crippen LogP contribution is 2.32. The number of carbonyl (C=O) groups is 1. The second kappa shape index (κ2) is 9.32. The first-order valence-electron chi connectivity index (χ1n) is 9.02. The molecule has 1 aliphatic heterocycles. The number of nitrogens with one attached hydrogen (secondary N) is 1. The van der Waals surface area contributed by atoms with Crippen molar-refractivity contribution in [2.24, 2.45) is 0 Å². The van der Waals surface area contributed by atoms with Crippen molar-refractivity contribution in [3.8, 4) is 5.75 Å². The average Bonchev–Trinajstić information content (AvgIpc) is 2.69. The van der Waals surface area contributed by atoms with E-state index in [0.717, 1.165) is 48.9 Å². The lowest BCUT2D eigenvalue weighted by Crippen LogP contribution is -2.44. The van der Waals surface area contributed by atoms with Gasteiger partial charge in [0.15, 0.2) is 0 Å². The molecule has 1 fully saturated rings. The Kier molecular flexibility index (Phi) is 6.83. The molecule has 1 saturated heterocycles. The average molecular weight is 420 g/mol. The van der Waals surface area contributed by atoms with Crippen LogP contribution in [0, 0.1) is 0 Å². The van der Waals surface area contributed by atoms with Crippen molar-refractivity contribution in [2.45, 2.75) is 0 Å². The second-order valence-electron chi connectivity index (χ2n) is 6.67. The summed E-state index contributed by atoms with van der Waals surface area (Å²) in [4.78, 5) is 16.9. The van der Waals surface area contributed by atoms with Gasteiger partial charge in [0.05, 0.1) is 22.8 Å². The Labute approximate surface area is 175 Å². The predicted molar refractivity (Wildman–Crippen MR) is 117 cm³/mol. The molecule has 3 rings (SSSR count). The summed E-state index contributed by atoms with van der Waals surface area (Å²) in [6.45, 7) is 3.82. The van der Waals surface area contributed by atoms with Crippen molar-refractivity contribution in [3.63, 3.8) is 0 Å². The lowest BCUT2D eigenvalue weighted by Gasteiger charge is -2.34. The third-order valence-electron chi connectivity index (χ3n) is 4.66. The summed E-state index contributed by atoms with van der Waals surface area (Å²) in [6.07, 6.45) is 3.17. The number of methoxy groups -OCH3 is 1. The Morgan fingerprint density at radius 1 is 1.07 bits per heavy atom. The molecule has 2 aromatic rings. The number of nitrogens with zero attached hydrogens (tertiary/aromatic N) is 2. The molecular formula is C21H23Cl2N3O2. The summed E-state index contributed by atoms with van der Waals surface area (Å²) in [6, 6.07) is 10.9. The number of carbonyl (C=O) groups excluding carboxylic acids is 1. The number of rotatable bonds is 5. The maximum absolute atomic E-state index is 12.3. The molecule has 0 radical (unpaired) electrons. The number of hydrogen-bond donors (Lipinski definition) is 1. The zero-order chi connectivity index (χ0) is 20.1. The van der Waals surface area contributed by atoms with E-state index in [1.54, 1.807) is 31.4 Å². The molecule has 1 N–H and O–H groups in total. The fraction of sp³-hybridized carbons (Fsp3) is 0.286. The first-order chi connectivity index (χ1) is 13.5. The Hall–Kier alpha value is -2.21. The van der Waals surface area contributed by atoms with E-state index < -0.39 is 0 Å². The molecule has 0 bridgehead atoms. The van der Waals surface area contributed by atoms with Crippen molar-refractivity contribution in [3.05, 3.63) is 58.1 Å². The molecule has 28 heavy (non-hydrogen) atoms. The first-order valence-corrected chi connectivity index (χ1v) is 9.77. The van der Waals surface area contributed by atoms with Gasteiger partial charge < -0.3 is 19.9 Å². The Morgan fingerprint density at radius 2 is 1.82 bits per heavy atom. The van der Waals surface area contributed by atoms with E-state index in [2.05, 4.69) is 22.2 Å². The molecule has 7 heteroatoms. The Morgan fingerprint density at radius 3 is 2.50 bits per heavy atom. The van der Waals surface area contributed by atoms with E-state index >= 15 is 0 Å². The standard InChI is InChI=1S/C21H23Cl2N3O2/c1-25-9-11-26(12-10-25)19-14-16(5-7-20(19)28-2)24-21(27)8-4-15-3-6-17(22)18(23)13-15/h3-8,13-14H,9-12H2,1-2H3,(H,24,27)/b8-4+. The van der Waals surface area contributed by atoms with Crippen molar-refractivity contribution >= 4 is 46.6 Å². The molecule has 1 amide bonds. The number of anilines is 2. The number of piperazine rings is 1. The van der Waals surface area contributed by atoms with Gasteiger partial charge in [0.2, 0.25) is 5.91 Å². The van der Waals surface area contributed by atoms with Gasteiger partial charge in [0.25, 0.3) is 0 Å². The number of ether oxygens (including phenoxy) is 1. The number of benzene rings is 2. The zero-order valence-electron chi connectivity index (χ0n) is 15.9. The molecule has 0 atom stereocenters. The lowest BCUT2D eigenvalue weighted by atomic mass is 10.2. The Balaban J connectivity index is 1.71. The van der Waals surface area contributed by atoms with Crippen LogP contribution in [-0.2, 0) is 4.79 Å². The third-order valence-corrected chi connectivity index (χ3v) is 5.40. The summed E-state index contributed by atoms with van der Waals surface area (Å²) < 4.78 is 5.51. The smallest absolute Gasteiger partial charge is 0.248 e. The molecular weight excluding hydrogens is 397 g/mol. The van der Waals surface area contributed by atoms with Gasteiger partial charge in [-0.25, -0.2) is 0 Å². The Bertz CT molecular complexity index is 878. The first kappa shape index (κ1) is 20.5. The van der Waals surface area contributed by atoms with Gasteiger partial charge >= 0.3 is 0 Å². The number of likely N-dealkylation sites (N-methyl/N-ethyl adjacent to an activating group) is 1. The van der Waals surface area contributed by atoms with Crippen molar-refractivity contribution in [1.29, 1.82) is 0 Å². The SMILES string of the molecule is COc1ccc(NC(=O)/C=C/c2ccc(Cl)c(Cl)c2)cc1N1CCN(C)CC1. The molecule has 2 aromatic carbocycles. The molecule has 0 aliphatic carbocycles. The number of hydrogen-bond acceptors (Lipinski definition) is 4. The van der Waals surface area contributed by atoms with E-state index in [0.29, 0.717) is 10.0 Å². The van der Waals surface area contributed by atoms with Crippen LogP contribution < -0.4 is 15.0 Å². The van der Waals surface area contributed by atoms with E-state index in [9.17, 15) is 4.79 Å². The number of amides is 1. The fourth-order valence-electron chi connectivity index (χ4n) is 3.03. The van der Waals surface area contributed by atoms with Crippen LogP contribution in [0.25, 0.3) is 6.08 Å². The van der Waals surface area contributed by atoms with Gasteiger partial charge in [0.1, 0.15) is 5.75 Å². The number of halogens is 2. The maximum Gasteiger partial charge on any atom is 0.248 e. The summed E-state index contributed by atoms with van der Waals surface area (Å²) in [5, 5.41) is 3.84. The molecule has 0 unspecified atom stereocenters. The van der Waals surface area contributed by atoms with Gasteiger partial charge in [0, 0.05) is 37.9 Å². The molecule has 1 heterocycles. The summed E-state index contributed by atoms with van der Waals surface area (Å²) in [5.74, 6) is 0.578. The van der Waals surface area contributed by atoms with Gasteiger partial charge in [-0.3, -0.25) is 4.79 Å². The zero-order valence-corrected chi connectivity index (χ0v) is 17.4. The second-order valence-corrected chi connectivity index (χ2v) is 7.49. The molecule has 0 aromatic heterocycles. The normalized spacial score (nSPS) is 15.1. The van der Waals surface area contributed by atoms with Crippen LogP contribution in [0.15, 0.2) is 42.5 Å². The minimum absolute atomic E-state index is 0.222. The van der Waals surface area contributed by atoms with Crippen LogP contribution in [0.5, 0.6) is 5.75 Å². The topological polar surface area (TPSA) is 44.8 Å². The van der Waals surface area contributed by atoms with E-state index in [-0.39, 0.29) is 5.91 Å². The highest BCUT2D eigenvalue weighted by molar-refractivity contribution is 6.42. The summed E-state index contributed by atoms with van der Waals surface area (Å²) >= 11 is 11.9. The minimum Gasteiger partial charge on any atom is -0.495 e. The minimum atomic E-state index is -0.222.